The molecule has 13 heavy (non-hydrogen) atoms. The average molecular weight is 177 g/mol. The van der Waals surface area contributed by atoms with Gasteiger partial charge < -0.3 is 10.2 Å². The fourth-order valence-electron chi connectivity index (χ4n) is 1.32. The second kappa shape index (κ2) is 4.04. The number of aliphatic hydroxyl groups is 2. The molecule has 1 aromatic rings. The molecular formula is C10H11NO2. The summed E-state index contributed by atoms with van der Waals surface area (Å²) in [5.74, 6) is 0. The molecule has 3 nitrogen and oxygen atoms in total. The standard InChI is InChI=1S/C10H11NO2/c1-7-2-8(4-11)3-9(5-12)10(7)6-13/h2-3,12-13H,5-6H2,1H3. The van der Waals surface area contributed by atoms with E-state index in [1.807, 2.05) is 13.0 Å². The van der Waals surface area contributed by atoms with Gasteiger partial charge in [0.2, 0.25) is 0 Å². The van der Waals surface area contributed by atoms with Crippen molar-refractivity contribution in [1.82, 2.24) is 0 Å². The zero-order chi connectivity index (χ0) is 9.84. The maximum atomic E-state index is 9.00. The van der Waals surface area contributed by atoms with Gasteiger partial charge in [-0.1, -0.05) is 0 Å². The van der Waals surface area contributed by atoms with E-state index in [1.165, 1.54) is 0 Å². The Kier molecular flexibility index (Phi) is 3.02. The first-order valence-corrected chi connectivity index (χ1v) is 3.97. The molecule has 0 radical (unpaired) electrons. The van der Waals surface area contributed by atoms with Gasteiger partial charge in [-0.2, -0.15) is 5.26 Å². The maximum Gasteiger partial charge on any atom is 0.0991 e. The molecule has 0 fully saturated rings. The first-order valence-electron chi connectivity index (χ1n) is 3.97. The van der Waals surface area contributed by atoms with Crippen molar-refractivity contribution in [1.29, 1.82) is 5.26 Å². The topological polar surface area (TPSA) is 64.2 Å². The summed E-state index contributed by atoms with van der Waals surface area (Å²) in [6.45, 7) is 1.56. The summed E-state index contributed by atoms with van der Waals surface area (Å²) in [5.41, 5.74) is 2.69. The quantitative estimate of drug-likeness (QED) is 0.703. The Hall–Kier alpha value is -1.37. The third-order valence-corrected chi connectivity index (χ3v) is 2.02. The fourth-order valence-corrected chi connectivity index (χ4v) is 1.32. The Morgan fingerprint density at radius 2 is 2.00 bits per heavy atom. The third-order valence-electron chi connectivity index (χ3n) is 2.02. The first kappa shape index (κ1) is 9.72. The normalized spacial score (nSPS) is 9.69. The second-order valence-corrected chi connectivity index (χ2v) is 2.86. The van der Waals surface area contributed by atoms with Crippen molar-refractivity contribution in [2.75, 3.05) is 0 Å². The Morgan fingerprint density at radius 1 is 1.31 bits per heavy atom. The van der Waals surface area contributed by atoms with Gasteiger partial charge >= 0.3 is 0 Å². The zero-order valence-corrected chi connectivity index (χ0v) is 7.41. The molecule has 3 heteroatoms. The van der Waals surface area contributed by atoms with Gasteiger partial charge in [0.25, 0.3) is 0 Å². The fraction of sp³-hybridized carbons (Fsp3) is 0.300. The summed E-state index contributed by atoms with van der Waals surface area (Å²) in [4.78, 5) is 0. The molecule has 0 atom stereocenters. The summed E-state index contributed by atoms with van der Waals surface area (Å²) < 4.78 is 0. The Balaban J connectivity index is 3.31. The van der Waals surface area contributed by atoms with E-state index in [1.54, 1.807) is 12.1 Å². The van der Waals surface area contributed by atoms with Crippen molar-refractivity contribution in [3.8, 4) is 6.07 Å². The molecular weight excluding hydrogens is 166 g/mol. The van der Waals surface area contributed by atoms with Gasteiger partial charge in [-0.25, -0.2) is 0 Å². The second-order valence-electron chi connectivity index (χ2n) is 2.86. The van der Waals surface area contributed by atoms with E-state index in [9.17, 15) is 0 Å². The molecule has 0 saturated heterocycles. The number of rotatable bonds is 2. The summed E-state index contributed by atoms with van der Waals surface area (Å²) in [6, 6.07) is 5.30. The monoisotopic (exact) mass is 177 g/mol. The molecule has 0 aliphatic carbocycles. The van der Waals surface area contributed by atoms with E-state index in [-0.39, 0.29) is 13.2 Å². The van der Waals surface area contributed by atoms with Crippen LogP contribution in [-0.4, -0.2) is 10.2 Å². The van der Waals surface area contributed by atoms with E-state index in [4.69, 9.17) is 15.5 Å². The lowest BCUT2D eigenvalue weighted by molar-refractivity contribution is 0.259. The smallest absolute Gasteiger partial charge is 0.0991 e. The Morgan fingerprint density at radius 3 is 2.46 bits per heavy atom. The molecule has 1 rings (SSSR count). The molecule has 0 spiro atoms. The zero-order valence-electron chi connectivity index (χ0n) is 7.41. The van der Waals surface area contributed by atoms with E-state index < -0.39 is 0 Å². The molecule has 0 aromatic heterocycles. The van der Waals surface area contributed by atoms with Gasteiger partial charge in [0, 0.05) is 0 Å². The van der Waals surface area contributed by atoms with Crippen LogP contribution >= 0.6 is 0 Å². The highest BCUT2D eigenvalue weighted by molar-refractivity contribution is 5.42. The SMILES string of the molecule is Cc1cc(C#N)cc(CO)c1CO. The minimum atomic E-state index is -0.147. The van der Waals surface area contributed by atoms with Crippen molar-refractivity contribution in [2.45, 2.75) is 20.1 Å². The largest absolute Gasteiger partial charge is 0.392 e. The minimum Gasteiger partial charge on any atom is -0.392 e. The number of hydrogen-bond donors (Lipinski definition) is 2. The van der Waals surface area contributed by atoms with Gasteiger partial charge in [0.1, 0.15) is 0 Å². The highest BCUT2D eigenvalue weighted by atomic mass is 16.3. The average Bonchev–Trinajstić information content (AvgIpc) is 2.16. The van der Waals surface area contributed by atoms with Crippen LogP contribution in [0.1, 0.15) is 22.3 Å². The summed E-state index contributed by atoms with van der Waals surface area (Å²) >= 11 is 0. The maximum absolute atomic E-state index is 9.00. The van der Waals surface area contributed by atoms with Crippen molar-refractivity contribution in [3.05, 3.63) is 34.4 Å². The summed E-state index contributed by atoms with van der Waals surface area (Å²) in [7, 11) is 0. The van der Waals surface area contributed by atoms with Crippen LogP contribution in [0.4, 0.5) is 0 Å². The number of aliphatic hydroxyl groups excluding tert-OH is 2. The van der Waals surface area contributed by atoms with Gasteiger partial charge in [-0.15, -0.1) is 0 Å². The molecule has 0 saturated carbocycles. The van der Waals surface area contributed by atoms with Gasteiger partial charge in [-0.05, 0) is 35.7 Å². The van der Waals surface area contributed by atoms with E-state index >= 15 is 0 Å². The van der Waals surface area contributed by atoms with Gasteiger partial charge in [-0.3, -0.25) is 0 Å². The molecule has 2 N–H and O–H groups in total. The van der Waals surface area contributed by atoms with Gasteiger partial charge in [0.05, 0.1) is 24.8 Å². The number of hydrogen-bond acceptors (Lipinski definition) is 3. The van der Waals surface area contributed by atoms with Crippen LogP contribution in [0.5, 0.6) is 0 Å². The molecule has 0 aliphatic rings. The molecule has 0 aliphatic heterocycles. The van der Waals surface area contributed by atoms with Crippen LogP contribution in [-0.2, 0) is 13.2 Å². The van der Waals surface area contributed by atoms with Crippen LogP contribution in [0.3, 0.4) is 0 Å². The lowest BCUT2D eigenvalue weighted by Gasteiger charge is -2.08. The highest BCUT2D eigenvalue weighted by Crippen LogP contribution is 2.17. The van der Waals surface area contributed by atoms with Crippen molar-refractivity contribution in [2.24, 2.45) is 0 Å². The molecule has 68 valence electrons. The minimum absolute atomic E-state index is 0.104. The Labute approximate surface area is 76.9 Å². The first-order chi connectivity index (χ1) is 6.22. The Bertz CT molecular complexity index is 353. The lowest BCUT2D eigenvalue weighted by Crippen LogP contribution is -1.98. The molecule has 0 amide bonds. The van der Waals surface area contributed by atoms with E-state index in [0.29, 0.717) is 16.7 Å². The molecule has 1 aromatic carbocycles. The van der Waals surface area contributed by atoms with E-state index in [2.05, 4.69) is 0 Å². The number of benzene rings is 1. The van der Waals surface area contributed by atoms with Crippen molar-refractivity contribution in [3.63, 3.8) is 0 Å². The molecule has 0 heterocycles. The number of aryl methyl sites for hydroxylation is 1. The number of nitrogens with zero attached hydrogens (tertiary/aromatic N) is 1. The summed E-state index contributed by atoms with van der Waals surface area (Å²) in [6.07, 6.45) is 0. The van der Waals surface area contributed by atoms with Crippen LogP contribution in [0.2, 0.25) is 0 Å². The predicted octanol–water partition coefficient (Wildman–Crippen LogP) is 0.851. The number of nitriles is 1. The van der Waals surface area contributed by atoms with Gasteiger partial charge in [0.15, 0.2) is 0 Å². The van der Waals surface area contributed by atoms with E-state index in [0.717, 1.165) is 5.56 Å². The van der Waals surface area contributed by atoms with Crippen LogP contribution in [0, 0.1) is 18.3 Å². The van der Waals surface area contributed by atoms with Crippen LogP contribution < -0.4 is 0 Å². The van der Waals surface area contributed by atoms with Crippen molar-refractivity contribution >= 4 is 0 Å². The predicted molar refractivity (Wildman–Crippen MR) is 47.7 cm³/mol. The van der Waals surface area contributed by atoms with Crippen LogP contribution in [0.15, 0.2) is 12.1 Å². The molecule has 0 unspecified atom stereocenters. The highest BCUT2D eigenvalue weighted by Gasteiger charge is 2.05. The summed E-state index contributed by atoms with van der Waals surface area (Å²) in [5, 5.41) is 26.6. The van der Waals surface area contributed by atoms with Crippen LogP contribution in [0.25, 0.3) is 0 Å². The lowest BCUT2D eigenvalue weighted by atomic mass is 10.00. The van der Waals surface area contributed by atoms with Crippen molar-refractivity contribution < 1.29 is 10.2 Å². The molecule has 0 bridgehead atoms. The third kappa shape index (κ3) is 1.86.